The summed E-state index contributed by atoms with van der Waals surface area (Å²) in [5, 5.41) is 1.16. The molecular weight excluding hydrogens is 403 g/mol. The summed E-state index contributed by atoms with van der Waals surface area (Å²) in [4.78, 5) is 13.2. The fourth-order valence-corrected chi connectivity index (χ4v) is 5.74. The first-order chi connectivity index (χ1) is 14.8. The molecule has 4 heteroatoms. The number of hydrogen-bond donors (Lipinski definition) is 0. The lowest BCUT2D eigenvalue weighted by Gasteiger charge is -2.38. The molecule has 0 amide bonds. The van der Waals surface area contributed by atoms with Crippen LogP contribution < -0.4 is 10.0 Å². The Morgan fingerprint density at radius 1 is 0.806 bits per heavy atom. The minimum atomic E-state index is -0.895. The molecule has 3 aromatic carbocycles. The van der Waals surface area contributed by atoms with Gasteiger partial charge in [-0.2, -0.15) is 0 Å². The van der Waals surface area contributed by atoms with E-state index < -0.39 is 18.9 Å². The number of methoxy groups -OCH3 is 1. The van der Waals surface area contributed by atoms with Crippen molar-refractivity contribution in [2.24, 2.45) is 5.41 Å². The molecule has 0 aliphatic rings. The van der Waals surface area contributed by atoms with E-state index in [9.17, 15) is 4.79 Å². The first kappa shape index (κ1) is 23.0. The highest BCUT2D eigenvalue weighted by molar-refractivity contribution is 7.65. The summed E-state index contributed by atoms with van der Waals surface area (Å²) >= 11 is 0. The number of carbonyl (C=O) groups excluding carboxylic acids is 1. The number of hydrogen-bond acceptors (Lipinski definition) is 3. The van der Waals surface area contributed by atoms with Gasteiger partial charge in [0.05, 0.1) is 12.5 Å². The summed E-state index contributed by atoms with van der Waals surface area (Å²) in [7, 11) is 0.992. The lowest BCUT2D eigenvalue weighted by molar-refractivity contribution is -0.164. The first-order valence-corrected chi connectivity index (χ1v) is 12.4. The molecule has 162 valence electrons. The summed E-state index contributed by atoms with van der Waals surface area (Å²) < 4.78 is 12.1. The number of benzene rings is 3. The average molecular weight is 435 g/mol. The Kier molecular flexibility index (Phi) is 7.18. The van der Waals surface area contributed by atoms with Gasteiger partial charge < -0.3 is 9.47 Å². The summed E-state index contributed by atoms with van der Waals surface area (Å²) in [6, 6.07) is 28.3. The molecular formula is C27H31O3P. The second-order valence-electron chi connectivity index (χ2n) is 8.73. The molecule has 0 saturated carbocycles. The molecule has 0 spiro atoms. The van der Waals surface area contributed by atoms with Gasteiger partial charge >= 0.3 is 5.97 Å². The van der Waals surface area contributed by atoms with Crippen LogP contribution in [-0.4, -0.2) is 25.9 Å². The van der Waals surface area contributed by atoms with Crippen molar-refractivity contribution in [1.29, 1.82) is 0 Å². The highest BCUT2D eigenvalue weighted by Gasteiger charge is 2.42. The zero-order valence-corrected chi connectivity index (χ0v) is 19.9. The van der Waals surface area contributed by atoms with Gasteiger partial charge in [0.1, 0.15) is 5.75 Å². The smallest absolute Gasteiger partial charge is 0.312 e. The lowest BCUT2D eigenvalue weighted by Crippen LogP contribution is -2.41. The normalized spacial score (nSPS) is 12.8. The van der Waals surface area contributed by atoms with E-state index in [2.05, 4.69) is 12.7 Å². The zero-order valence-electron chi connectivity index (χ0n) is 19.0. The second kappa shape index (κ2) is 9.66. The van der Waals surface area contributed by atoms with Crippen LogP contribution in [0.25, 0.3) is 0 Å². The quantitative estimate of drug-likeness (QED) is 0.340. The molecule has 0 aliphatic carbocycles. The summed E-state index contributed by atoms with van der Waals surface area (Å²) in [6.07, 6.45) is 0.651. The molecule has 0 bridgehead atoms. The fraction of sp³-hybridized carbons (Fsp3) is 0.296. The van der Waals surface area contributed by atoms with Crippen molar-refractivity contribution in [3.05, 3.63) is 96.1 Å². The predicted octanol–water partition coefficient (Wildman–Crippen LogP) is 5.97. The zero-order chi connectivity index (χ0) is 22.5. The third-order valence-electron chi connectivity index (χ3n) is 5.32. The van der Waals surface area contributed by atoms with Crippen molar-refractivity contribution < 1.29 is 14.3 Å². The van der Waals surface area contributed by atoms with Crippen molar-refractivity contribution >= 4 is 19.2 Å². The first-order valence-electron chi connectivity index (χ1n) is 10.5. The molecule has 1 atom stereocenters. The Labute approximate surface area is 187 Å². The van der Waals surface area contributed by atoms with Gasteiger partial charge in [-0.15, -0.1) is 0 Å². The lowest BCUT2D eigenvalue weighted by atomic mass is 9.86. The molecule has 3 nitrogen and oxygen atoms in total. The van der Waals surface area contributed by atoms with Gasteiger partial charge in [0, 0.05) is 22.6 Å². The van der Waals surface area contributed by atoms with Gasteiger partial charge in [0.15, 0.2) is 5.60 Å². The second-order valence-corrected chi connectivity index (χ2v) is 10.9. The van der Waals surface area contributed by atoms with Crippen LogP contribution in [0.3, 0.4) is 0 Å². The monoisotopic (exact) mass is 434 g/mol. The van der Waals surface area contributed by atoms with Crippen molar-refractivity contribution in [3.8, 4) is 5.75 Å². The summed E-state index contributed by atoms with van der Waals surface area (Å²) in [5.41, 5.74) is 0.440. The standard InChI is InChI=1S/C27H31O3P/c1-26(2,3)25(28)30-27(21-14-8-6-9-15-21,22-16-10-7-11-17-22)20-31(5)24-19-13-12-18-23(24)29-4/h6-19H,20H2,1-5H3. The summed E-state index contributed by atoms with van der Waals surface area (Å²) in [6.45, 7) is 7.90. The number of esters is 1. The maximum absolute atomic E-state index is 13.2. The van der Waals surface area contributed by atoms with E-state index in [-0.39, 0.29) is 5.97 Å². The maximum atomic E-state index is 13.2. The maximum Gasteiger partial charge on any atom is 0.312 e. The van der Waals surface area contributed by atoms with Gasteiger partial charge in [0.2, 0.25) is 0 Å². The van der Waals surface area contributed by atoms with E-state index in [1.807, 2.05) is 99.6 Å². The van der Waals surface area contributed by atoms with Gasteiger partial charge in [-0.1, -0.05) is 86.8 Å². The molecule has 0 aliphatic heterocycles. The molecule has 3 aromatic rings. The van der Waals surface area contributed by atoms with Gasteiger partial charge in [-0.3, -0.25) is 4.79 Å². The van der Waals surface area contributed by atoms with Gasteiger partial charge in [-0.05, 0) is 33.5 Å². The van der Waals surface area contributed by atoms with Crippen LogP contribution in [0, 0.1) is 5.41 Å². The molecule has 0 aromatic heterocycles. The molecule has 31 heavy (non-hydrogen) atoms. The largest absolute Gasteiger partial charge is 0.496 e. The molecule has 0 fully saturated rings. The van der Waals surface area contributed by atoms with Crippen LogP contribution in [0.2, 0.25) is 0 Å². The van der Waals surface area contributed by atoms with E-state index >= 15 is 0 Å². The van der Waals surface area contributed by atoms with E-state index in [1.165, 1.54) is 0 Å². The van der Waals surface area contributed by atoms with Crippen LogP contribution in [0.4, 0.5) is 0 Å². The van der Waals surface area contributed by atoms with Gasteiger partial charge in [-0.25, -0.2) is 0 Å². The van der Waals surface area contributed by atoms with Crippen LogP contribution in [0.1, 0.15) is 31.9 Å². The van der Waals surface area contributed by atoms with Crippen LogP contribution in [-0.2, 0) is 15.1 Å². The van der Waals surface area contributed by atoms with Crippen LogP contribution in [0.15, 0.2) is 84.9 Å². The average Bonchev–Trinajstić information content (AvgIpc) is 2.79. The molecule has 0 saturated heterocycles. The van der Waals surface area contributed by atoms with Crippen LogP contribution in [0.5, 0.6) is 5.75 Å². The van der Waals surface area contributed by atoms with Crippen molar-refractivity contribution in [1.82, 2.24) is 0 Å². The van der Waals surface area contributed by atoms with E-state index in [0.717, 1.165) is 22.2 Å². The topological polar surface area (TPSA) is 35.5 Å². The Morgan fingerprint density at radius 3 is 1.77 bits per heavy atom. The highest BCUT2D eigenvalue weighted by atomic mass is 31.1. The number of para-hydroxylation sites is 1. The number of rotatable bonds is 7. The van der Waals surface area contributed by atoms with Crippen molar-refractivity contribution in [3.63, 3.8) is 0 Å². The molecule has 1 unspecified atom stereocenters. The minimum absolute atomic E-state index is 0.219. The Morgan fingerprint density at radius 2 is 1.29 bits per heavy atom. The fourth-order valence-electron chi connectivity index (χ4n) is 3.59. The molecule has 0 N–H and O–H groups in total. The molecule has 0 radical (unpaired) electrons. The van der Waals surface area contributed by atoms with Crippen LogP contribution >= 0.6 is 7.92 Å². The SMILES string of the molecule is COc1ccccc1P(C)CC(OC(=O)C(C)(C)C)(c1ccccc1)c1ccccc1. The van der Waals surface area contributed by atoms with Crippen molar-refractivity contribution in [2.45, 2.75) is 26.4 Å². The highest BCUT2D eigenvalue weighted by Crippen LogP contribution is 2.46. The van der Waals surface area contributed by atoms with E-state index in [1.54, 1.807) is 7.11 Å². The predicted molar refractivity (Wildman–Crippen MR) is 130 cm³/mol. The van der Waals surface area contributed by atoms with Gasteiger partial charge in [0.25, 0.3) is 0 Å². The minimum Gasteiger partial charge on any atom is -0.496 e. The number of ether oxygens (including phenoxy) is 2. The molecule has 0 heterocycles. The number of carbonyl (C=O) groups is 1. The Bertz CT molecular complexity index is 954. The summed E-state index contributed by atoms with van der Waals surface area (Å²) in [5.74, 6) is 0.650. The Hall–Kier alpha value is -2.64. The Balaban J connectivity index is 2.17. The van der Waals surface area contributed by atoms with Crippen molar-refractivity contribution in [2.75, 3.05) is 19.9 Å². The molecule has 3 rings (SSSR count). The van der Waals surface area contributed by atoms with E-state index in [0.29, 0.717) is 6.16 Å². The third kappa shape index (κ3) is 5.17. The van der Waals surface area contributed by atoms with E-state index in [4.69, 9.17) is 9.47 Å². The third-order valence-corrected chi connectivity index (χ3v) is 7.43.